The van der Waals surface area contributed by atoms with Crippen molar-refractivity contribution in [3.63, 3.8) is 0 Å². The highest BCUT2D eigenvalue weighted by atomic mass is 32.2. The molecule has 1 rings (SSSR count). The summed E-state index contributed by atoms with van der Waals surface area (Å²) in [6.45, 7) is 2.59. The van der Waals surface area contributed by atoms with Crippen LogP contribution in [-0.4, -0.2) is 66.9 Å². The van der Waals surface area contributed by atoms with Crippen molar-refractivity contribution in [3.8, 4) is 0 Å². The smallest absolute Gasteiger partial charge is 0.317 e. The second kappa shape index (κ2) is 6.29. The molecular weight excluding hydrogens is 256 g/mol. The third-order valence-corrected chi connectivity index (χ3v) is 3.81. The molecule has 0 aromatic rings. The van der Waals surface area contributed by atoms with E-state index in [-0.39, 0.29) is 19.2 Å². The summed E-state index contributed by atoms with van der Waals surface area (Å²) in [5, 5.41) is 11.9. The van der Waals surface area contributed by atoms with Crippen molar-refractivity contribution in [1.82, 2.24) is 10.2 Å². The van der Waals surface area contributed by atoms with E-state index in [1.807, 2.05) is 6.26 Å². The van der Waals surface area contributed by atoms with E-state index in [0.717, 1.165) is 5.75 Å². The fourth-order valence-corrected chi connectivity index (χ4v) is 2.13. The van der Waals surface area contributed by atoms with Crippen molar-refractivity contribution in [3.05, 3.63) is 0 Å². The van der Waals surface area contributed by atoms with E-state index in [0.29, 0.717) is 6.54 Å². The molecule has 0 aromatic carbocycles. The molecule has 2 unspecified atom stereocenters. The minimum absolute atomic E-state index is 0.127. The Hall–Kier alpha value is -0.950. The maximum Gasteiger partial charge on any atom is 0.317 e. The van der Waals surface area contributed by atoms with Gasteiger partial charge >= 0.3 is 12.0 Å². The molecule has 0 saturated carbocycles. The number of carbonyl (C=O) groups is 2. The molecule has 0 spiro atoms. The molecule has 1 aliphatic rings. The lowest BCUT2D eigenvalue weighted by Gasteiger charge is -2.27. The topological polar surface area (TPSA) is 78.9 Å². The van der Waals surface area contributed by atoms with E-state index in [9.17, 15) is 14.7 Å². The quantitative estimate of drug-likeness (QED) is 0.763. The third kappa shape index (κ3) is 3.29. The number of nitrogens with zero attached hydrogens (tertiary/aromatic N) is 1. The Kier molecular flexibility index (Phi) is 5.28. The molecule has 1 aliphatic heterocycles. The summed E-state index contributed by atoms with van der Waals surface area (Å²) in [6.07, 6.45) is 1.97. The van der Waals surface area contributed by atoms with Crippen molar-refractivity contribution in [2.45, 2.75) is 13.0 Å². The minimum atomic E-state index is -1.05. The second-order valence-electron chi connectivity index (χ2n) is 4.65. The number of carboxylic acids is 1. The average molecular weight is 276 g/mol. The molecule has 0 aromatic heterocycles. The highest BCUT2D eigenvalue weighted by molar-refractivity contribution is 7.98. The largest absolute Gasteiger partial charge is 0.481 e. The summed E-state index contributed by atoms with van der Waals surface area (Å²) in [7, 11) is 1.69. The normalized spacial score (nSPS) is 26.9. The Balaban J connectivity index is 2.56. The predicted molar refractivity (Wildman–Crippen MR) is 69.9 cm³/mol. The zero-order valence-electron chi connectivity index (χ0n) is 10.9. The van der Waals surface area contributed by atoms with Crippen LogP contribution in [-0.2, 0) is 9.53 Å². The molecule has 0 aliphatic carbocycles. The lowest BCUT2D eigenvalue weighted by atomic mass is 9.85. The molecular formula is C11H20N2O4S. The maximum atomic E-state index is 11.9. The molecule has 2 amide bonds. The first-order valence-corrected chi connectivity index (χ1v) is 7.13. The number of hydrogen-bond donors (Lipinski definition) is 2. The first-order valence-electron chi connectivity index (χ1n) is 5.73. The Bertz CT molecular complexity index is 326. The van der Waals surface area contributed by atoms with Gasteiger partial charge in [0.2, 0.25) is 0 Å². The molecule has 0 bridgehead atoms. The zero-order chi connectivity index (χ0) is 13.8. The van der Waals surface area contributed by atoms with Crippen LogP contribution >= 0.6 is 11.8 Å². The van der Waals surface area contributed by atoms with Gasteiger partial charge in [0.25, 0.3) is 0 Å². The number of rotatable bonds is 5. The number of thioether (sulfide) groups is 1. The molecule has 1 heterocycles. The summed E-state index contributed by atoms with van der Waals surface area (Å²) in [4.78, 5) is 24.6. The monoisotopic (exact) mass is 276 g/mol. The van der Waals surface area contributed by atoms with Crippen LogP contribution in [0, 0.1) is 5.41 Å². The van der Waals surface area contributed by atoms with Gasteiger partial charge in [0.15, 0.2) is 0 Å². The van der Waals surface area contributed by atoms with E-state index in [1.54, 1.807) is 30.6 Å². The van der Waals surface area contributed by atoms with Crippen LogP contribution in [0.5, 0.6) is 0 Å². The molecule has 2 atom stereocenters. The zero-order valence-corrected chi connectivity index (χ0v) is 11.7. The van der Waals surface area contributed by atoms with Gasteiger partial charge in [-0.05, 0) is 13.2 Å². The van der Waals surface area contributed by atoms with Crippen LogP contribution < -0.4 is 5.32 Å². The summed E-state index contributed by atoms with van der Waals surface area (Å²) >= 11 is 1.65. The van der Waals surface area contributed by atoms with Gasteiger partial charge in [-0.2, -0.15) is 11.8 Å². The van der Waals surface area contributed by atoms with Gasteiger partial charge < -0.3 is 20.1 Å². The Morgan fingerprint density at radius 3 is 2.83 bits per heavy atom. The maximum absolute atomic E-state index is 11.9. The van der Waals surface area contributed by atoms with Crippen LogP contribution in [0.25, 0.3) is 0 Å². The number of urea groups is 1. The van der Waals surface area contributed by atoms with Crippen LogP contribution in [0.15, 0.2) is 0 Å². The highest BCUT2D eigenvalue weighted by Gasteiger charge is 2.47. The molecule has 2 N–H and O–H groups in total. The number of nitrogens with one attached hydrogen (secondary N) is 1. The van der Waals surface area contributed by atoms with Crippen LogP contribution in [0.1, 0.15) is 6.92 Å². The van der Waals surface area contributed by atoms with Crippen molar-refractivity contribution in [1.29, 1.82) is 0 Å². The van der Waals surface area contributed by atoms with Crippen LogP contribution in [0.2, 0.25) is 0 Å². The minimum Gasteiger partial charge on any atom is -0.481 e. The number of carboxylic acid groups (broad SMARTS) is 1. The van der Waals surface area contributed by atoms with E-state index < -0.39 is 17.4 Å². The molecule has 104 valence electrons. The lowest BCUT2D eigenvalue weighted by molar-refractivity contribution is -0.148. The molecule has 6 nitrogen and oxygen atoms in total. The van der Waals surface area contributed by atoms with E-state index in [1.165, 1.54) is 0 Å². The third-order valence-electron chi connectivity index (χ3n) is 3.22. The lowest BCUT2D eigenvalue weighted by Crippen LogP contribution is -2.52. The van der Waals surface area contributed by atoms with Crippen molar-refractivity contribution in [2.24, 2.45) is 5.41 Å². The number of ether oxygens (including phenoxy) is 1. The van der Waals surface area contributed by atoms with Gasteiger partial charge in [-0.1, -0.05) is 0 Å². The number of carbonyl (C=O) groups excluding carboxylic acids is 1. The van der Waals surface area contributed by atoms with Gasteiger partial charge in [0, 0.05) is 19.3 Å². The summed E-state index contributed by atoms with van der Waals surface area (Å²) in [5.74, 6) is -0.0987. The first kappa shape index (κ1) is 15.1. The van der Waals surface area contributed by atoms with Crippen molar-refractivity contribution < 1.29 is 19.4 Å². The molecule has 1 fully saturated rings. The predicted octanol–water partition coefficient (Wildman–Crippen LogP) is 0.480. The molecule has 1 saturated heterocycles. The molecule has 7 heteroatoms. The number of hydrogen-bond acceptors (Lipinski definition) is 4. The standard InChI is InChI=1S/C11H20N2O4S/c1-11(9(14)15)7-17-6-8(11)12-10(16)13(2)4-5-18-3/h8H,4-7H2,1-3H3,(H,12,16)(H,14,15). The van der Waals surface area contributed by atoms with Crippen LogP contribution in [0.3, 0.4) is 0 Å². The Morgan fingerprint density at radius 2 is 2.28 bits per heavy atom. The van der Waals surface area contributed by atoms with Gasteiger partial charge in [0.05, 0.1) is 19.3 Å². The molecule has 0 radical (unpaired) electrons. The fraction of sp³-hybridized carbons (Fsp3) is 0.818. The van der Waals surface area contributed by atoms with Crippen LogP contribution in [0.4, 0.5) is 4.79 Å². The SMILES string of the molecule is CSCCN(C)C(=O)NC1COCC1(C)C(=O)O. The van der Waals surface area contributed by atoms with Gasteiger partial charge in [0.1, 0.15) is 5.41 Å². The van der Waals surface area contributed by atoms with E-state index in [4.69, 9.17) is 4.74 Å². The average Bonchev–Trinajstić information content (AvgIpc) is 2.69. The highest BCUT2D eigenvalue weighted by Crippen LogP contribution is 2.28. The first-order chi connectivity index (χ1) is 8.41. The fourth-order valence-electron chi connectivity index (χ4n) is 1.67. The van der Waals surface area contributed by atoms with Gasteiger partial charge in [-0.3, -0.25) is 4.79 Å². The Labute approximate surface area is 111 Å². The van der Waals surface area contributed by atoms with Crippen molar-refractivity contribution >= 4 is 23.8 Å². The second-order valence-corrected chi connectivity index (χ2v) is 5.64. The Morgan fingerprint density at radius 1 is 1.61 bits per heavy atom. The molecule has 18 heavy (non-hydrogen) atoms. The summed E-state index contributed by atoms with van der Waals surface area (Å²) in [6, 6.07) is -0.744. The van der Waals surface area contributed by atoms with Crippen molar-refractivity contribution in [2.75, 3.05) is 38.8 Å². The van der Waals surface area contributed by atoms with E-state index >= 15 is 0 Å². The summed E-state index contributed by atoms with van der Waals surface area (Å²) < 4.78 is 5.18. The number of amides is 2. The van der Waals surface area contributed by atoms with E-state index in [2.05, 4.69) is 5.32 Å². The number of aliphatic carboxylic acids is 1. The summed E-state index contributed by atoms with van der Waals surface area (Å²) in [5.41, 5.74) is -1.05. The van der Waals surface area contributed by atoms with Gasteiger partial charge in [-0.15, -0.1) is 0 Å². The van der Waals surface area contributed by atoms with Gasteiger partial charge in [-0.25, -0.2) is 4.79 Å².